The van der Waals surface area contributed by atoms with Crippen molar-refractivity contribution in [3.8, 4) is 0 Å². The molecule has 5 nitrogen and oxygen atoms in total. The van der Waals surface area contributed by atoms with Crippen LogP contribution in [0.1, 0.15) is 31.7 Å². The van der Waals surface area contributed by atoms with Gasteiger partial charge in [0.25, 0.3) is 5.91 Å². The molecule has 26 heavy (non-hydrogen) atoms. The molecule has 4 heterocycles. The van der Waals surface area contributed by atoms with E-state index in [9.17, 15) is 9.59 Å². The molecule has 0 saturated heterocycles. The first-order valence-electron chi connectivity index (χ1n) is 8.14. The third-order valence-electron chi connectivity index (χ3n) is 4.41. The van der Waals surface area contributed by atoms with E-state index in [1.54, 1.807) is 34.1 Å². The van der Waals surface area contributed by atoms with E-state index in [4.69, 9.17) is 5.73 Å². The van der Waals surface area contributed by atoms with Gasteiger partial charge in [0.05, 0.1) is 18.2 Å². The first kappa shape index (κ1) is 17.4. The molecule has 0 aliphatic carbocycles. The van der Waals surface area contributed by atoms with Crippen molar-refractivity contribution in [2.45, 2.75) is 12.5 Å². The minimum atomic E-state index is -0.529. The van der Waals surface area contributed by atoms with Gasteiger partial charge in [0.1, 0.15) is 5.00 Å². The summed E-state index contributed by atoms with van der Waals surface area (Å²) in [6, 6.07) is 8.07. The van der Waals surface area contributed by atoms with Gasteiger partial charge in [-0.3, -0.25) is 14.5 Å². The van der Waals surface area contributed by atoms with Crippen LogP contribution in [0.2, 0.25) is 0 Å². The van der Waals surface area contributed by atoms with Crippen molar-refractivity contribution in [2.24, 2.45) is 5.73 Å². The molecular formula is C18H17N3O2S3. The second-order valence-electron chi connectivity index (χ2n) is 6.01. The Balaban J connectivity index is 1.54. The number of hydrogen-bond donors (Lipinski definition) is 2. The Bertz CT molecular complexity index is 929. The highest BCUT2D eigenvalue weighted by Gasteiger charge is 2.31. The molecule has 1 aliphatic heterocycles. The highest BCUT2D eigenvalue weighted by Crippen LogP contribution is 2.39. The van der Waals surface area contributed by atoms with Crippen molar-refractivity contribution in [3.63, 3.8) is 0 Å². The SMILES string of the molecule is NC(=O)c1ccsc1NC(=O)CN1CCc2sccc2[C@@H]1c1cccs1. The third-order valence-corrected chi connectivity index (χ3v) is 7.16. The summed E-state index contributed by atoms with van der Waals surface area (Å²) >= 11 is 4.80. The van der Waals surface area contributed by atoms with Crippen molar-refractivity contribution in [2.75, 3.05) is 18.4 Å². The van der Waals surface area contributed by atoms with Gasteiger partial charge in [0, 0.05) is 16.3 Å². The Labute approximate surface area is 163 Å². The number of fused-ring (bicyclic) bond motifs is 1. The van der Waals surface area contributed by atoms with Gasteiger partial charge in [-0.25, -0.2) is 0 Å². The Morgan fingerprint density at radius 3 is 2.77 bits per heavy atom. The zero-order valence-corrected chi connectivity index (χ0v) is 16.3. The molecule has 0 bridgehead atoms. The smallest absolute Gasteiger partial charge is 0.251 e. The lowest BCUT2D eigenvalue weighted by Crippen LogP contribution is -2.40. The van der Waals surface area contributed by atoms with E-state index in [-0.39, 0.29) is 18.5 Å². The van der Waals surface area contributed by atoms with Crippen LogP contribution >= 0.6 is 34.0 Å². The van der Waals surface area contributed by atoms with Crippen LogP contribution in [0, 0.1) is 0 Å². The largest absolute Gasteiger partial charge is 0.366 e. The fraction of sp³-hybridized carbons (Fsp3) is 0.222. The molecule has 0 spiro atoms. The van der Waals surface area contributed by atoms with Crippen molar-refractivity contribution in [1.82, 2.24) is 4.90 Å². The van der Waals surface area contributed by atoms with Crippen LogP contribution in [0.25, 0.3) is 0 Å². The third kappa shape index (κ3) is 3.33. The van der Waals surface area contributed by atoms with Crippen LogP contribution in [0.5, 0.6) is 0 Å². The highest BCUT2D eigenvalue weighted by molar-refractivity contribution is 7.14. The summed E-state index contributed by atoms with van der Waals surface area (Å²) in [7, 11) is 0. The van der Waals surface area contributed by atoms with Gasteiger partial charge in [-0.2, -0.15) is 0 Å². The zero-order valence-electron chi connectivity index (χ0n) is 13.8. The van der Waals surface area contributed by atoms with Crippen LogP contribution in [0.4, 0.5) is 5.00 Å². The molecule has 134 valence electrons. The summed E-state index contributed by atoms with van der Waals surface area (Å²) < 4.78 is 0. The molecule has 3 N–H and O–H groups in total. The number of nitrogens with zero attached hydrogens (tertiary/aromatic N) is 1. The summed E-state index contributed by atoms with van der Waals surface area (Å²) in [5.74, 6) is -0.658. The topological polar surface area (TPSA) is 75.4 Å². The number of hydrogen-bond acceptors (Lipinski definition) is 6. The molecule has 3 aromatic heterocycles. The first-order chi connectivity index (χ1) is 12.6. The fourth-order valence-corrected chi connectivity index (χ4v) is 5.86. The number of nitrogens with one attached hydrogen (secondary N) is 1. The molecule has 0 radical (unpaired) electrons. The predicted octanol–water partition coefficient (Wildman–Crippen LogP) is 3.56. The standard InChI is InChI=1S/C18H17N3O2S3/c19-17(23)12-5-9-26-18(12)20-15(22)10-21-6-3-13-11(4-8-25-13)16(21)14-2-1-7-24-14/h1-2,4-5,7-9,16H,3,6,10H2,(H2,19,23)(H,20,22)/t16-/m1/s1. The summed E-state index contributed by atoms with van der Waals surface area (Å²) in [5.41, 5.74) is 7.01. The molecule has 1 aliphatic rings. The maximum atomic E-state index is 12.6. The maximum Gasteiger partial charge on any atom is 0.251 e. The minimum Gasteiger partial charge on any atom is -0.366 e. The van der Waals surface area contributed by atoms with Crippen LogP contribution in [-0.2, 0) is 11.2 Å². The average molecular weight is 404 g/mol. The number of carbonyl (C=O) groups is 2. The zero-order chi connectivity index (χ0) is 18.1. The molecule has 3 aromatic rings. The summed E-state index contributed by atoms with van der Waals surface area (Å²) in [4.78, 5) is 28.9. The number of thiophene rings is 3. The maximum absolute atomic E-state index is 12.6. The summed E-state index contributed by atoms with van der Waals surface area (Å²) in [6.07, 6.45) is 0.952. The van der Waals surface area contributed by atoms with E-state index in [0.717, 1.165) is 13.0 Å². The number of carbonyl (C=O) groups excluding carboxylic acids is 2. The molecule has 1 atom stereocenters. The quantitative estimate of drug-likeness (QED) is 0.684. The number of anilines is 1. The van der Waals surface area contributed by atoms with Gasteiger partial charge < -0.3 is 11.1 Å². The fourth-order valence-electron chi connectivity index (χ4n) is 3.27. The van der Waals surface area contributed by atoms with E-state index in [1.165, 1.54) is 26.7 Å². The number of nitrogens with two attached hydrogens (primary N) is 1. The monoisotopic (exact) mass is 403 g/mol. The Morgan fingerprint density at radius 2 is 2.00 bits per heavy atom. The molecule has 4 rings (SSSR count). The van der Waals surface area contributed by atoms with Gasteiger partial charge in [0.15, 0.2) is 0 Å². The Hall–Kier alpha value is -2.00. The number of amides is 2. The van der Waals surface area contributed by atoms with Gasteiger partial charge in [-0.05, 0) is 46.3 Å². The molecule has 0 saturated carbocycles. The molecule has 0 aromatic carbocycles. The van der Waals surface area contributed by atoms with Crippen LogP contribution in [-0.4, -0.2) is 29.8 Å². The number of primary amides is 1. The van der Waals surface area contributed by atoms with Gasteiger partial charge in [-0.1, -0.05) is 6.07 Å². The normalized spacial score (nSPS) is 17.0. The van der Waals surface area contributed by atoms with Gasteiger partial charge in [0.2, 0.25) is 5.91 Å². The van der Waals surface area contributed by atoms with Gasteiger partial charge in [-0.15, -0.1) is 34.0 Å². The van der Waals surface area contributed by atoms with Gasteiger partial charge >= 0.3 is 0 Å². The van der Waals surface area contributed by atoms with Crippen LogP contribution < -0.4 is 11.1 Å². The van der Waals surface area contributed by atoms with E-state index in [2.05, 4.69) is 33.1 Å². The van der Waals surface area contributed by atoms with E-state index < -0.39 is 5.91 Å². The summed E-state index contributed by atoms with van der Waals surface area (Å²) in [6.45, 7) is 1.10. The molecule has 0 unspecified atom stereocenters. The molecule has 0 fully saturated rings. The predicted molar refractivity (Wildman–Crippen MR) is 107 cm³/mol. The lowest BCUT2D eigenvalue weighted by atomic mass is 9.98. The first-order valence-corrected chi connectivity index (χ1v) is 10.8. The number of rotatable bonds is 5. The minimum absolute atomic E-state index is 0.106. The molecular weight excluding hydrogens is 386 g/mol. The lowest BCUT2D eigenvalue weighted by Gasteiger charge is -2.34. The Morgan fingerprint density at radius 1 is 1.15 bits per heavy atom. The van der Waals surface area contributed by atoms with Crippen LogP contribution in [0.15, 0.2) is 40.4 Å². The second-order valence-corrected chi connectivity index (χ2v) is 8.91. The Kier molecular flexibility index (Phi) is 4.90. The lowest BCUT2D eigenvalue weighted by molar-refractivity contribution is -0.117. The van der Waals surface area contributed by atoms with E-state index >= 15 is 0 Å². The summed E-state index contributed by atoms with van der Waals surface area (Å²) in [5, 5.41) is 9.31. The van der Waals surface area contributed by atoms with Crippen molar-refractivity contribution in [1.29, 1.82) is 0 Å². The second kappa shape index (κ2) is 7.32. The van der Waals surface area contributed by atoms with E-state index in [0.29, 0.717) is 10.6 Å². The van der Waals surface area contributed by atoms with Crippen molar-refractivity contribution in [3.05, 3.63) is 61.3 Å². The highest BCUT2D eigenvalue weighted by atomic mass is 32.1. The van der Waals surface area contributed by atoms with Crippen molar-refractivity contribution >= 4 is 50.8 Å². The molecule has 2 amide bonds. The molecule has 8 heteroatoms. The van der Waals surface area contributed by atoms with Crippen LogP contribution in [0.3, 0.4) is 0 Å². The van der Waals surface area contributed by atoms with E-state index in [1.807, 2.05) is 6.07 Å². The average Bonchev–Trinajstić information content (AvgIpc) is 3.35. The van der Waals surface area contributed by atoms with Crippen molar-refractivity contribution < 1.29 is 9.59 Å².